The summed E-state index contributed by atoms with van der Waals surface area (Å²) in [4.78, 5) is 22.4. The molecule has 1 amide bonds. The predicted molar refractivity (Wildman–Crippen MR) is 126 cm³/mol. The largest absolute Gasteiger partial charge is 0.349 e. The summed E-state index contributed by atoms with van der Waals surface area (Å²) in [6.07, 6.45) is 4.48. The molecule has 2 aromatic carbocycles. The summed E-state index contributed by atoms with van der Waals surface area (Å²) in [5, 5.41) is 11.1. The first-order chi connectivity index (χ1) is 15.6. The van der Waals surface area contributed by atoms with Crippen LogP contribution in [-0.2, 0) is 0 Å². The van der Waals surface area contributed by atoms with Gasteiger partial charge in [-0.2, -0.15) is 5.10 Å². The topological polar surface area (TPSA) is 84.7 Å². The molecule has 0 spiro atoms. The Hall–Kier alpha value is -3.74. The van der Waals surface area contributed by atoms with E-state index in [4.69, 9.17) is 9.97 Å². The lowest BCUT2D eigenvalue weighted by atomic mass is 10.1. The third-order valence-electron chi connectivity index (χ3n) is 5.84. The molecule has 0 aliphatic heterocycles. The van der Waals surface area contributed by atoms with E-state index in [0.717, 1.165) is 41.0 Å². The monoisotopic (exact) mass is 426 g/mol. The van der Waals surface area contributed by atoms with Gasteiger partial charge in [0.15, 0.2) is 11.6 Å². The molecule has 1 aliphatic carbocycles. The van der Waals surface area contributed by atoms with E-state index in [2.05, 4.69) is 15.7 Å². The van der Waals surface area contributed by atoms with E-state index >= 15 is 0 Å². The Bertz CT molecular complexity index is 1290. The summed E-state index contributed by atoms with van der Waals surface area (Å²) in [5.41, 5.74) is 4.87. The number of anilines is 2. The van der Waals surface area contributed by atoms with Gasteiger partial charge >= 0.3 is 0 Å². The number of fused-ring (bicyclic) bond motifs is 1. The Balaban J connectivity index is 1.50. The lowest BCUT2D eigenvalue weighted by molar-refractivity contribution is 0.0938. The molecule has 7 nitrogen and oxygen atoms in total. The Morgan fingerprint density at radius 1 is 0.969 bits per heavy atom. The minimum atomic E-state index is -0.0380. The first-order valence-electron chi connectivity index (χ1n) is 11.1. The lowest BCUT2D eigenvalue weighted by Crippen LogP contribution is -2.32. The van der Waals surface area contributed by atoms with Crippen LogP contribution in [0.25, 0.3) is 16.9 Å². The number of hydrogen-bond donors (Lipinski definition) is 2. The van der Waals surface area contributed by atoms with Crippen molar-refractivity contribution >= 4 is 28.4 Å². The number of amides is 1. The zero-order valence-electron chi connectivity index (χ0n) is 18.3. The van der Waals surface area contributed by atoms with Crippen molar-refractivity contribution in [2.24, 2.45) is 0 Å². The number of nitrogens with one attached hydrogen (secondary N) is 2. The molecule has 0 bridgehead atoms. The highest BCUT2D eigenvalue weighted by atomic mass is 16.1. The molecule has 1 saturated carbocycles. The molecule has 162 valence electrons. The SMILES string of the molecule is Cc1cc(C)n(-c2nc3ccccc3nc2Nc2cccc(C(=O)NC3CCCC3)c2)n1. The molecule has 2 N–H and O–H groups in total. The van der Waals surface area contributed by atoms with E-state index in [9.17, 15) is 4.79 Å². The number of aromatic nitrogens is 4. The molecular formula is C25H26N6O. The number of carbonyl (C=O) groups excluding carboxylic acids is 1. The zero-order valence-corrected chi connectivity index (χ0v) is 18.3. The first kappa shape index (κ1) is 20.2. The lowest BCUT2D eigenvalue weighted by Gasteiger charge is -2.15. The Morgan fingerprint density at radius 2 is 1.72 bits per heavy atom. The van der Waals surface area contributed by atoms with Crippen LogP contribution in [0.2, 0.25) is 0 Å². The summed E-state index contributed by atoms with van der Waals surface area (Å²) in [5.74, 6) is 1.17. The molecule has 0 radical (unpaired) electrons. The van der Waals surface area contributed by atoms with E-state index in [-0.39, 0.29) is 11.9 Å². The van der Waals surface area contributed by atoms with Gasteiger partial charge in [0.2, 0.25) is 0 Å². The summed E-state index contributed by atoms with van der Waals surface area (Å²) in [6, 6.07) is 17.5. The summed E-state index contributed by atoms with van der Waals surface area (Å²) in [7, 11) is 0. The van der Waals surface area contributed by atoms with Crippen LogP contribution in [0.1, 0.15) is 47.4 Å². The second-order valence-corrected chi connectivity index (χ2v) is 8.38. The van der Waals surface area contributed by atoms with Crippen LogP contribution < -0.4 is 10.6 Å². The Kier molecular flexibility index (Phi) is 5.31. The molecule has 5 rings (SSSR count). The van der Waals surface area contributed by atoms with Crippen LogP contribution in [0.15, 0.2) is 54.6 Å². The van der Waals surface area contributed by atoms with Crippen LogP contribution in [-0.4, -0.2) is 31.7 Å². The molecule has 2 aromatic heterocycles. The number of para-hydroxylation sites is 2. The number of hydrogen-bond acceptors (Lipinski definition) is 5. The van der Waals surface area contributed by atoms with Gasteiger partial charge in [0.05, 0.1) is 16.7 Å². The van der Waals surface area contributed by atoms with Gasteiger partial charge in [-0.15, -0.1) is 0 Å². The maximum Gasteiger partial charge on any atom is 0.251 e. The van der Waals surface area contributed by atoms with Gasteiger partial charge in [0.1, 0.15) is 0 Å². The molecule has 32 heavy (non-hydrogen) atoms. The summed E-state index contributed by atoms with van der Waals surface area (Å²) >= 11 is 0. The third-order valence-corrected chi connectivity index (χ3v) is 5.84. The van der Waals surface area contributed by atoms with Crippen molar-refractivity contribution in [1.29, 1.82) is 0 Å². The van der Waals surface area contributed by atoms with E-state index in [1.807, 2.05) is 68.4 Å². The predicted octanol–water partition coefficient (Wildman–Crippen LogP) is 4.85. The van der Waals surface area contributed by atoms with Crippen molar-refractivity contribution in [1.82, 2.24) is 25.1 Å². The Morgan fingerprint density at radius 3 is 2.44 bits per heavy atom. The van der Waals surface area contributed by atoms with Crippen molar-refractivity contribution in [2.75, 3.05) is 5.32 Å². The van der Waals surface area contributed by atoms with Crippen molar-refractivity contribution in [3.05, 3.63) is 71.5 Å². The fraction of sp³-hybridized carbons (Fsp3) is 0.280. The van der Waals surface area contributed by atoms with E-state index < -0.39 is 0 Å². The van der Waals surface area contributed by atoms with Gasteiger partial charge in [-0.1, -0.05) is 31.0 Å². The number of rotatable bonds is 5. The maximum atomic E-state index is 12.7. The molecule has 7 heteroatoms. The highest BCUT2D eigenvalue weighted by Gasteiger charge is 2.19. The Labute approximate surface area is 186 Å². The molecule has 0 atom stereocenters. The molecule has 0 saturated heterocycles. The summed E-state index contributed by atoms with van der Waals surface area (Å²) in [6.45, 7) is 3.95. The summed E-state index contributed by atoms with van der Waals surface area (Å²) < 4.78 is 1.80. The second kappa shape index (κ2) is 8.42. The van der Waals surface area contributed by atoms with Gasteiger partial charge in [0, 0.05) is 23.0 Å². The molecule has 0 unspecified atom stereocenters. The van der Waals surface area contributed by atoms with Gasteiger partial charge in [-0.3, -0.25) is 4.79 Å². The third kappa shape index (κ3) is 4.06. The van der Waals surface area contributed by atoms with Crippen LogP contribution in [0.3, 0.4) is 0 Å². The average molecular weight is 427 g/mol. The van der Waals surface area contributed by atoms with Crippen LogP contribution in [0, 0.1) is 13.8 Å². The number of carbonyl (C=O) groups is 1. The van der Waals surface area contributed by atoms with Crippen molar-refractivity contribution in [3.8, 4) is 5.82 Å². The highest BCUT2D eigenvalue weighted by molar-refractivity contribution is 5.95. The molecule has 4 aromatic rings. The van der Waals surface area contributed by atoms with Crippen LogP contribution in [0.5, 0.6) is 0 Å². The van der Waals surface area contributed by atoms with E-state index in [1.54, 1.807) is 4.68 Å². The van der Waals surface area contributed by atoms with E-state index in [0.29, 0.717) is 17.2 Å². The standard InChI is InChI=1S/C25H26N6O/c1-16-14-17(2)31(30-16)24-23(28-21-12-5-6-13-22(21)29-24)26-20-11-7-8-18(15-20)25(32)27-19-9-3-4-10-19/h5-8,11-15,19H,3-4,9-10H2,1-2H3,(H,26,28)(H,27,32). The van der Waals surface area contributed by atoms with Gasteiger partial charge in [0.25, 0.3) is 5.91 Å². The molecule has 1 aliphatic rings. The highest BCUT2D eigenvalue weighted by Crippen LogP contribution is 2.26. The zero-order chi connectivity index (χ0) is 22.1. The maximum absolute atomic E-state index is 12.7. The van der Waals surface area contributed by atoms with Gasteiger partial charge in [-0.05, 0) is 63.1 Å². The second-order valence-electron chi connectivity index (χ2n) is 8.38. The molecular weight excluding hydrogens is 400 g/mol. The fourth-order valence-corrected chi connectivity index (χ4v) is 4.28. The number of nitrogens with zero attached hydrogens (tertiary/aromatic N) is 4. The smallest absolute Gasteiger partial charge is 0.251 e. The van der Waals surface area contributed by atoms with Crippen LogP contribution >= 0.6 is 0 Å². The van der Waals surface area contributed by atoms with Crippen molar-refractivity contribution in [3.63, 3.8) is 0 Å². The first-order valence-corrected chi connectivity index (χ1v) is 11.1. The minimum Gasteiger partial charge on any atom is -0.349 e. The molecule has 2 heterocycles. The minimum absolute atomic E-state index is 0.0380. The number of benzene rings is 2. The van der Waals surface area contributed by atoms with Crippen molar-refractivity contribution < 1.29 is 4.79 Å². The van der Waals surface area contributed by atoms with Crippen LogP contribution in [0.4, 0.5) is 11.5 Å². The van der Waals surface area contributed by atoms with Crippen molar-refractivity contribution in [2.45, 2.75) is 45.6 Å². The normalized spacial score (nSPS) is 14.1. The van der Waals surface area contributed by atoms with E-state index in [1.165, 1.54) is 12.8 Å². The number of aryl methyl sites for hydroxylation is 2. The van der Waals surface area contributed by atoms with Gasteiger partial charge in [-0.25, -0.2) is 14.6 Å². The fourth-order valence-electron chi connectivity index (χ4n) is 4.28. The molecule has 1 fully saturated rings. The average Bonchev–Trinajstić information content (AvgIpc) is 3.42. The van der Waals surface area contributed by atoms with Gasteiger partial charge < -0.3 is 10.6 Å². The quantitative estimate of drug-likeness (QED) is 0.477.